The molecule has 2 atom stereocenters. The first-order valence-electron chi connectivity index (χ1n) is 8.57. The number of aromatic nitrogens is 3. The van der Waals surface area contributed by atoms with Gasteiger partial charge in [0.25, 0.3) is 0 Å². The Morgan fingerprint density at radius 3 is 3.09 bits per heavy atom. The average Bonchev–Trinajstić information content (AvgIpc) is 3.10. The highest BCUT2D eigenvalue weighted by Crippen LogP contribution is 2.20. The smallest absolute Gasteiger partial charge is 0.220 e. The van der Waals surface area contributed by atoms with Gasteiger partial charge in [0.2, 0.25) is 5.91 Å². The highest BCUT2D eigenvalue weighted by molar-refractivity contribution is 5.76. The Bertz CT molecular complexity index is 508. The van der Waals surface area contributed by atoms with Crippen LogP contribution in [0.4, 0.5) is 0 Å². The number of nitrogens with one attached hydrogen (secondary N) is 1. The largest absolute Gasteiger partial charge is 0.378 e. The molecule has 0 unspecified atom stereocenters. The van der Waals surface area contributed by atoms with Crippen molar-refractivity contribution in [3.8, 4) is 0 Å². The number of fused-ring (bicyclic) bond motifs is 1. The molecule has 3 rings (SSSR count). The number of amides is 1. The predicted octanol–water partition coefficient (Wildman–Crippen LogP) is 2.14. The summed E-state index contributed by atoms with van der Waals surface area (Å²) >= 11 is 0. The van der Waals surface area contributed by atoms with Crippen LogP contribution in [0.1, 0.15) is 69.6 Å². The van der Waals surface area contributed by atoms with E-state index in [1.807, 2.05) is 6.92 Å². The summed E-state index contributed by atoms with van der Waals surface area (Å²) in [6.45, 7) is 3.80. The summed E-state index contributed by atoms with van der Waals surface area (Å²) in [5.41, 5.74) is 0. The van der Waals surface area contributed by atoms with Gasteiger partial charge in [-0.1, -0.05) is 6.42 Å². The molecule has 0 spiro atoms. The maximum atomic E-state index is 12.1. The molecule has 1 aromatic heterocycles. The Morgan fingerprint density at radius 1 is 1.36 bits per heavy atom. The lowest BCUT2D eigenvalue weighted by molar-refractivity contribution is -0.122. The minimum absolute atomic E-state index is 0.0778. The number of carbonyl (C=O) groups excluding carboxylic acids is 1. The Balaban J connectivity index is 1.53. The van der Waals surface area contributed by atoms with E-state index in [-0.39, 0.29) is 18.1 Å². The molecule has 0 aliphatic carbocycles. The van der Waals surface area contributed by atoms with Gasteiger partial charge in [-0.2, -0.15) is 0 Å². The van der Waals surface area contributed by atoms with E-state index in [2.05, 4.69) is 20.1 Å². The van der Waals surface area contributed by atoms with Gasteiger partial charge in [0.05, 0.1) is 12.1 Å². The number of hydrogen-bond acceptors (Lipinski definition) is 4. The molecule has 6 nitrogen and oxygen atoms in total. The third-order valence-electron chi connectivity index (χ3n) is 4.62. The molecule has 3 heterocycles. The SMILES string of the molecule is C[C@@H](NC(=O)CC[C@@H]1CCCO1)c1nnc2n1CCCCC2. The standard InChI is InChI=1S/C16H26N4O2/c1-12(17-15(21)9-8-13-6-5-11-22-13)16-19-18-14-7-3-2-4-10-20(14)16/h12-13H,2-11H2,1H3,(H,17,21)/t12-,13+/m1/s1. The lowest BCUT2D eigenvalue weighted by atomic mass is 10.1. The Kier molecular flexibility index (Phi) is 5.08. The summed E-state index contributed by atoms with van der Waals surface area (Å²) in [6, 6.07) is -0.0867. The summed E-state index contributed by atoms with van der Waals surface area (Å²) in [5.74, 6) is 2.03. The first kappa shape index (κ1) is 15.5. The quantitative estimate of drug-likeness (QED) is 0.905. The second kappa shape index (κ2) is 7.22. The first-order valence-corrected chi connectivity index (χ1v) is 8.57. The van der Waals surface area contributed by atoms with E-state index < -0.39 is 0 Å². The second-order valence-electron chi connectivity index (χ2n) is 6.40. The van der Waals surface area contributed by atoms with Gasteiger partial charge in [-0.25, -0.2) is 0 Å². The molecule has 1 amide bonds. The van der Waals surface area contributed by atoms with Crippen LogP contribution >= 0.6 is 0 Å². The number of rotatable bonds is 5. The Morgan fingerprint density at radius 2 is 2.27 bits per heavy atom. The zero-order valence-corrected chi connectivity index (χ0v) is 13.4. The molecule has 122 valence electrons. The van der Waals surface area contributed by atoms with E-state index >= 15 is 0 Å². The maximum absolute atomic E-state index is 12.1. The third-order valence-corrected chi connectivity index (χ3v) is 4.62. The number of hydrogen-bond donors (Lipinski definition) is 1. The number of aryl methyl sites for hydroxylation is 1. The van der Waals surface area contributed by atoms with Crippen molar-refractivity contribution < 1.29 is 9.53 Å². The van der Waals surface area contributed by atoms with Crippen molar-refractivity contribution in [3.05, 3.63) is 11.6 Å². The molecule has 0 saturated carbocycles. The van der Waals surface area contributed by atoms with Crippen LogP contribution in [0, 0.1) is 0 Å². The van der Waals surface area contributed by atoms with E-state index in [9.17, 15) is 4.79 Å². The molecule has 22 heavy (non-hydrogen) atoms. The highest BCUT2D eigenvalue weighted by atomic mass is 16.5. The van der Waals surface area contributed by atoms with E-state index in [1.54, 1.807) is 0 Å². The van der Waals surface area contributed by atoms with Gasteiger partial charge in [0, 0.05) is 26.0 Å². The van der Waals surface area contributed by atoms with Crippen LogP contribution in [-0.4, -0.2) is 33.4 Å². The number of nitrogens with zero attached hydrogens (tertiary/aromatic N) is 3. The molecular formula is C16H26N4O2. The highest BCUT2D eigenvalue weighted by Gasteiger charge is 2.21. The fourth-order valence-electron chi connectivity index (χ4n) is 3.37. The van der Waals surface area contributed by atoms with E-state index in [4.69, 9.17) is 4.74 Å². The van der Waals surface area contributed by atoms with Crippen LogP contribution in [0.15, 0.2) is 0 Å². The Labute approximate surface area is 131 Å². The average molecular weight is 306 g/mol. The van der Waals surface area contributed by atoms with Crippen molar-refractivity contribution in [1.82, 2.24) is 20.1 Å². The van der Waals surface area contributed by atoms with Crippen LogP contribution in [0.3, 0.4) is 0 Å². The molecule has 1 fully saturated rings. The molecule has 1 saturated heterocycles. The summed E-state index contributed by atoms with van der Waals surface area (Å²) in [4.78, 5) is 12.1. The minimum Gasteiger partial charge on any atom is -0.378 e. The van der Waals surface area contributed by atoms with Gasteiger partial charge in [0.15, 0.2) is 5.82 Å². The van der Waals surface area contributed by atoms with Crippen LogP contribution in [0.2, 0.25) is 0 Å². The minimum atomic E-state index is -0.0867. The lowest BCUT2D eigenvalue weighted by Gasteiger charge is -2.16. The zero-order valence-electron chi connectivity index (χ0n) is 13.4. The van der Waals surface area contributed by atoms with Crippen molar-refractivity contribution in [2.24, 2.45) is 0 Å². The monoisotopic (exact) mass is 306 g/mol. The van der Waals surface area contributed by atoms with Crippen molar-refractivity contribution in [1.29, 1.82) is 0 Å². The third kappa shape index (κ3) is 3.66. The number of ether oxygens (including phenoxy) is 1. The number of carbonyl (C=O) groups is 1. The van der Waals surface area contributed by atoms with Crippen molar-refractivity contribution >= 4 is 5.91 Å². The van der Waals surface area contributed by atoms with Crippen LogP contribution < -0.4 is 5.32 Å². The van der Waals surface area contributed by atoms with Gasteiger partial charge in [0.1, 0.15) is 5.82 Å². The molecule has 1 N–H and O–H groups in total. The lowest BCUT2D eigenvalue weighted by Crippen LogP contribution is -2.29. The molecule has 1 aromatic rings. The Hall–Kier alpha value is -1.43. The van der Waals surface area contributed by atoms with E-state index in [1.165, 1.54) is 12.8 Å². The molecule has 0 radical (unpaired) electrons. The summed E-state index contributed by atoms with van der Waals surface area (Å²) in [6.07, 6.45) is 8.39. The summed E-state index contributed by atoms with van der Waals surface area (Å²) in [5, 5.41) is 11.7. The van der Waals surface area contributed by atoms with Gasteiger partial charge < -0.3 is 14.6 Å². The van der Waals surface area contributed by atoms with E-state index in [0.29, 0.717) is 6.42 Å². The van der Waals surface area contributed by atoms with Crippen molar-refractivity contribution in [2.75, 3.05) is 6.61 Å². The summed E-state index contributed by atoms with van der Waals surface area (Å²) in [7, 11) is 0. The van der Waals surface area contributed by atoms with Crippen LogP contribution in [0.5, 0.6) is 0 Å². The molecule has 2 aliphatic rings. The van der Waals surface area contributed by atoms with Gasteiger partial charge in [-0.05, 0) is 39.0 Å². The molecular weight excluding hydrogens is 280 g/mol. The maximum Gasteiger partial charge on any atom is 0.220 e. The van der Waals surface area contributed by atoms with Crippen LogP contribution in [-0.2, 0) is 22.5 Å². The normalized spacial score (nSPS) is 22.9. The zero-order chi connectivity index (χ0) is 15.4. The summed E-state index contributed by atoms with van der Waals surface area (Å²) < 4.78 is 7.75. The fourth-order valence-corrected chi connectivity index (χ4v) is 3.37. The first-order chi connectivity index (χ1) is 10.7. The molecule has 0 aromatic carbocycles. The van der Waals surface area contributed by atoms with Gasteiger partial charge >= 0.3 is 0 Å². The second-order valence-corrected chi connectivity index (χ2v) is 6.40. The van der Waals surface area contributed by atoms with Gasteiger partial charge in [-0.3, -0.25) is 4.79 Å². The molecule has 6 heteroatoms. The molecule has 0 bridgehead atoms. The van der Waals surface area contributed by atoms with Crippen molar-refractivity contribution in [3.63, 3.8) is 0 Å². The van der Waals surface area contributed by atoms with Gasteiger partial charge in [-0.15, -0.1) is 10.2 Å². The molecule has 2 aliphatic heterocycles. The predicted molar refractivity (Wildman–Crippen MR) is 82.3 cm³/mol. The van der Waals surface area contributed by atoms with Crippen LogP contribution in [0.25, 0.3) is 0 Å². The van der Waals surface area contributed by atoms with Crippen molar-refractivity contribution in [2.45, 2.75) is 77.0 Å². The topological polar surface area (TPSA) is 69.0 Å². The van der Waals surface area contributed by atoms with E-state index in [0.717, 1.165) is 56.9 Å². The fraction of sp³-hybridized carbons (Fsp3) is 0.812.